The van der Waals surface area contributed by atoms with Gasteiger partial charge in [-0.25, -0.2) is 8.42 Å². The van der Waals surface area contributed by atoms with Crippen LogP contribution in [0.25, 0.3) is 0 Å². The lowest BCUT2D eigenvalue weighted by Crippen LogP contribution is -2.38. The van der Waals surface area contributed by atoms with Gasteiger partial charge in [-0.15, -0.1) is 22.9 Å². The van der Waals surface area contributed by atoms with E-state index in [4.69, 9.17) is 11.6 Å². The Morgan fingerprint density at radius 2 is 2.17 bits per heavy atom. The van der Waals surface area contributed by atoms with Crippen molar-refractivity contribution in [3.05, 3.63) is 16.3 Å². The summed E-state index contributed by atoms with van der Waals surface area (Å²) < 4.78 is 26.9. The van der Waals surface area contributed by atoms with E-state index >= 15 is 0 Å². The van der Waals surface area contributed by atoms with Crippen LogP contribution in [0.3, 0.4) is 0 Å². The summed E-state index contributed by atoms with van der Waals surface area (Å²) in [5, 5.41) is 1.79. The molecule has 0 bridgehead atoms. The minimum atomic E-state index is -3.40. The van der Waals surface area contributed by atoms with Crippen LogP contribution in [-0.2, 0) is 15.9 Å². The quantitative estimate of drug-likeness (QED) is 0.756. The number of hydrogen-bond acceptors (Lipinski definition) is 3. The molecule has 102 valence electrons. The fourth-order valence-electron chi connectivity index (χ4n) is 1.92. The van der Waals surface area contributed by atoms with Crippen molar-refractivity contribution in [1.82, 2.24) is 4.31 Å². The summed E-state index contributed by atoms with van der Waals surface area (Å²) in [5.41, 5.74) is 0. The van der Waals surface area contributed by atoms with E-state index in [1.54, 1.807) is 15.8 Å². The fourth-order valence-corrected chi connectivity index (χ4v) is 5.31. The standard InChI is InChI=1S/C12H18ClNO2S2/c1-9(2)14(8-10-3-4-10)18(15,16)12-5-6-17-11(12)7-13/h5-6,9-10H,3-4,7-8H2,1-2H3. The molecule has 1 fully saturated rings. The molecule has 1 aliphatic carbocycles. The zero-order valence-corrected chi connectivity index (χ0v) is 13.0. The van der Waals surface area contributed by atoms with Gasteiger partial charge in [0.2, 0.25) is 10.0 Å². The summed E-state index contributed by atoms with van der Waals surface area (Å²) in [4.78, 5) is 1.12. The van der Waals surface area contributed by atoms with Crippen LogP contribution in [0, 0.1) is 5.92 Å². The summed E-state index contributed by atoms with van der Waals surface area (Å²) in [6, 6.07) is 1.65. The van der Waals surface area contributed by atoms with Gasteiger partial charge in [-0.3, -0.25) is 0 Å². The first-order chi connectivity index (χ1) is 8.46. The number of nitrogens with zero attached hydrogens (tertiary/aromatic N) is 1. The molecule has 1 heterocycles. The first-order valence-electron chi connectivity index (χ1n) is 6.11. The maximum atomic E-state index is 12.7. The maximum Gasteiger partial charge on any atom is 0.244 e. The van der Waals surface area contributed by atoms with Crippen LogP contribution in [0.2, 0.25) is 0 Å². The van der Waals surface area contributed by atoms with Crippen molar-refractivity contribution in [2.24, 2.45) is 5.92 Å². The van der Waals surface area contributed by atoms with E-state index in [1.807, 2.05) is 13.8 Å². The third-order valence-electron chi connectivity index (χ3n) is 3.12. The molecule has 1 saturated carbocycles. The summed E-state index contributed by atoms with van der Waals surface area (Å²) >= 11 is 7.21. The van der Waals surface area contributed by atoms with Crippen molar-refractivity contribution in [2.75, 3.05) is 6.54 Å². The minimum absolute atomic E-state index is 0.0151. The highest BCUT2D eigenvalue weighted by molar-refractivity contribution is 7.89. The molecule has 1 aromatic rings. The van der Waals surface area contributed by atoms with Crippen LogP contribution in [0.1, 0.15) is 31.6 Å². The Balaban J connectivity index is 2.32. The maximum absolute atomic E-state index is 12.7. The average molecular weight is 308 g/mol. The zero-order valence-electron chi connectivity index (χ0n) is 10.6. The summed E-state index contributed by atoms with van der Waals surface area (Å²) in [6.45, 7) is 4.48. The van der Waals surface area contributed by atoms with Gasteiger partial charge < -0.3 is 0 Å². The van der Waals surface area contributed by atoms with E-state index in [9.17, 15) is 8.42 Å². The van der Waals surface area contributed by atoms with Crippen LogP contribution in [-0.4, -0.2) is 25.3 Å². The molecule has 0 atom stereocenters. The third-order valence-corrected chi connectivity index (χ3v) is 6.73. The second kappa shape index (κ2) is 5.49. The van der Waals surface area contributed by atoms with E-state index in [1.165, 1.54) is 11.3 Å². The smallest absolute Gasteiger partial charge is 0.207 e. The normalized spacial score (nSPS) is 16.7. The first-order valence-corrected chi connectivity index (χ1v) is 8.96. The van der Waals surface area contributed by atoms with Crippen LogP contribution >= 0.6 is 22.9 Å². The Kier molecular flexibility index (Phi) is 4.36. The molecule has 1 aliphatic rings. The molecule has 0 spiro atoms. The number of rotatable bonds is 6. The van der Waals surface area contributed by atoms with Crippen molar-refractivity contribution < 1.29 is 8.42 Å². The lowest BCUT2D eigenvalue weighted by Gasteiger charge is -2.25. The van der Waals surface area contributed by atoms with Crippen molar-refractivity contribution in [3.8, 4) is 0 Å². The second-order valence-electron chi connectivity index (χ2n) is 4.95. The predicted octanol–water partition coefficient (Wildman–Crippen LogP) is 3.30. The van der Waals surface area contributed by atoms with Crippen molar-refractivity contribution in [3.63, 3.8) is 0 Å². The van der Waals surface area contributed by atoms with Crippen LogP contribution < -0.4 is 0 Å². The molecular formula is C12H18ClNO2S2. The summed E-state index contributed by atoms with van der Waals surface area (Å²) in [6.07, 6.45) is 2.29. The molecule has 0 N–H and O–H groups in total. The predicted molar refractivity (Wildman–Crippen MR) is 75.6 cm³/mol. The number of thiophene rings is 1. The van der Waals surface area contributed by atoms with Gasteiger partial charge in [0.05, 0.1) is 10.8 Å². The van der Waals surface area contributed by atoms with Crippen molar-refractivity contribution >= 4 is 33.0 Å². The summed E-state index contributed by atoms with van der Waals surface area (Å²) in [7, 11) is -3.40. The Labute approximate surface area is 118 Å². The van der Waals surface area contributed by atoms with E-state index in [-0.39, 0.29) is 11.9 Å². The van der Waals surface area contributed by atoms with Gasteiger partial charge in [0.1, 0.15) is 0 Å². The lowest BCUT2D eigenvalue weighted by atomic mass is 10.3. The molecule has 0 radical (unpaired) electrons. The molecule has 18 heavy (non-hydrogen) atoms. The van der Waals surface area contributed by atoms with Gasteiger partial charge in [0.15, 0.2) is 0 Å². The Bertz CT molecular complexity index is 506. The highest BCUT2D eigenvalue weighted by Crippen LogP contribution is 2.34. The number of halogens is 1. The molecule has 1 aromatic heterocycles. The van der Waals surface area contributed by atoms with Gasteiger partial charge in [0, 0.05) is 17.5 Å². The first kappa shape index (κ1) is 14.3. The molecule has 0 unspecified atom stereocenters. The molecule has 0 amide bonds. The minimum Gasteiger partial charge on any atom is -0.207 e. The number of alkyl halides is 1. The number of hydrogen-bond donors (Lipinski definition) is 0. The fraction of sp³-hybridized carbons (Fsp3) is 0.667. The van der Waals surface area contributed by atoms with E-state index in [0.717, 1.165) is 17.7 Å². The molecule has 0 aliphatic heterocycles. The van der Waals surface area contributed by atoms with Gasteiger partial charge in [0.25, 0.3) is 0 Å². The zero-order chi connectivity index (χ0) is 13.3. The SMILES string of the molecule is CC(C)N(CC1CC1)S(=O)(=O)c1ccsc1CCl. The summed E-state index contributed by atoms with van der Waals surface area (Å²) in [5.74, 6) is 0.793. The molecule has 2 rings (SSSR count). The Morgan fingerprint density at radius 1 is 1.50 bits per heavy atom. The van der Waals surface area contributed by atoms with E-state index in [2.05, 4.69) is 0 Å². The van der Waals surface area contributed by atoms with Gasteiger partial charge in [-0.2, -0.15) is 4.31 Å². The van der Waals surface area contributed by atoms with Crippen LogP contribution in [0.15, 0.2) is 16.3 Å². The Hall–Kier alpha value is -0.100. The van der Waals surface area contributed by atoms with Gasteiger partial charge in [-0.05, 0) is 44.1 Å². The van der Waals surface area contributed by atoms with E-state index in [0.29, 0.717) is 17.4 Å². The van der Waals surface area contributed by atoms with E-state index < -0.39 is 10.0 Å². The molecule has 0 saturated heterocycles. The second-order valence-corrected chi connectivity index (χ2v) is 8.08. The molecule has 3 nitrogen and oxygen atoms in total. The van der Waals surface area contributed by atoms with Crippen molar-refractivity contribution in [1.29, 1.82) is 0 Å². The largest absolute Gasteiger partial charge is 0.244 e. The topological polar surface area (TPSA) is 37.4 Å². The molecular weight excluding hydrogens is 290 g/mol. The molecule has 0 aromatic carbocycles. The van der Waals surface area contributed by atoms with Gasteiger partial charge in [-0.1, -0.05) is 0 Å². The highest BCUT2D eigenvalue weighted by Gasteiger charge is 2.34. The monoisotopic (exact) mass is 307 g/mol. The third kappa shape index (κ3) is 2.90. The van der Waals surface area contributed by atoms with Crippen LogP contribution in [0.4, 0.5) is 0 Å². The Morgan fingerprint density at radius 3 is 2.67 bits per heavy atom. The van der Waals surface area contributed by atoms with Gasteiger partial charge >= 0.3 is 0 Å². The van der Waals surface area contributed by atoms with Crippen LogP contribution in [0.5, 0.6) is 0 Å². The highest BCUT2D eigenvalue weighted by atomic mass is 35.5. The average Bonchev–Trinajstić information content (AvgIpc) is 2.99. The lowest BCUT2D eigenvalue weighted by molar-refractivity contribution is 0.341. The number of sulfonamides is 1. The van der Waals surface area contributed by atoms with Crippen molar-refractivity contribution in [2.45, 2.75) is 43.5 Å². The molecule has 6 heteroatoms.